The Labute approximate surface area is 124 Å². The predicted molar refractivity (Wildman–Crippen MR) is 79.2 cm³/mol. The molecule has 0 amide bonds. The van der Waals surface area contributed by atoms with E-state index in [1.54, 1.807) is 30.3 Å². The number of rotatable bonds is 3. The molecule has 1 aliphatic rings. The summed E-state index contributed by atoms with van der Waals surface area (Å²) in [7, 11) is -3.24. The van der Waals surface area contributed by atoms with Gasteiger partial charge in [0.05, 0.1) is 15.3 Å². The van der Waals surface area contributed by atoms with Crippen LogP contribution in [0, 0.1) is 0 Å². The van der Waals surface area contributed by atoms with Gasteiger partial charge in [-0.25, -0.2) is 8.42 Å². The summed E-state index contributed by atoms with van der Waals surface area (Å²) < 4.78 is 26.3. The highest BCUT2D eigenvalue weighted by atomic mass is 35.5. The van der Waals surface area contributed by atoms with E-state index in [0.29, 0.717) is 16.6 Å². The molecule has 1 aromatic carbocycles. The first-order chi connectivity index (χ1) is 8.84. The molecule has 19 heavy (non-hydrogen) atoms. The minimum Gasteiger partial charge on any atom is -0.212 e. The van der Waals surface area contributed by atoms with Crippen LogP contribution in [-0.2, 0) is 10.0 Å². The van der Waals surface area contributed by atoms with E-state index in [0.717, 1.165) is 18.4 Å². The fourth-order valence-corrected chi connectivity index (χ4v) is 4.18. The molecule has 0 saturated carbocycles. The number of benzene rings is 1. The van der Waals surface area contributed by atoms with Crippen LogP contribution in [0.3, 0.4) is 0 Å². The van der Waals surface area contributed by atoms with Crippen LogP contribution in [0.15, 0.2) is 18.2 Å². The lowest BCUT2D eigenvalue weighted by molar-refractivity contribution is 0.392. The molecule has 0 aromatic heterocycles. The van der Waals surface area contributed by atoms with Crippen molar-refractivity contribution in [3.63, 3.8) is 0 Å². The number of halogens is 2. The van der Waals surface area contributed by atoms with Gasteiger partial charge in [-0.05, 0) is 44.4 Å². The van der Waals surface area contributed by atoms with Gasteiger partial charge < -0.3 is 0 Å². The molecule has 0 aliphatic carbocycles. The molecule has 1 heterocycles. The zero-order valence-corrected chi connectivity index (χ0v) is 13.3. The van der Waals surface area contributed by atoms with E-state index >= 15 is 0 Å². The molecule has 1 unspecified atom stereocenters. The predicted octanol–water partition coefficient (Wildman–Crippen LogP) is 3.87. The van der Waals surface area contributed by atoms with Crippen molar-refractivity contribution in [2.45, 2.75) is 38.0 Å². The van der Waals surface area contributed by atoms with Gasteiger partial charge in [-0.1, -0.05) is 29.3 Å². The maximum Gasteiger partial charge on any atom is 0.216 e. The van der Waals surface area contributed by atoms with Gasteiger partial charge in [-0.15, -0.1) is 0 Å². The summed E-state index contributed by atoms with van der Waals surface area (Å²) in [4.78, 5) is 0. The first-order valence-electron chi connectivity index (χ1n) is 6.29. The Hall–Kier alpha value is -0.290. The third-order valence-electron chi connectivity index (χ3n) is 3.45. The zero-order valence-electron chi connectivity index (χ0n) is 10.9. The highest BCUT2D eigenvalue weighted by molar-refractivity contribution is 7.89. The smallest absolute Gasteiger partial charge is 0.212 e. The number of nitrogens with zero attached hydrogens (tertiary/aromatic N) is 1. The minimum absolute atomic E-state index is 0.123. The van der Waals surface area contributed by atoms with Crippen molar-refractivity contribution >= 4 is 33.2 Å². The van der Waals surface area contributed by atoms with Crippen molar-refractivity contribution in [2.24, 2.45) is 0 Å². The maximum atomic E-state index is 12.3. The number of hydrogen-bond acceptors (Lipinski definition) is 2. The van der Waals surface area contributed by atoms with Gasteiger partial charge in [0.25, 0.3) is 0 Å². The molecule has 1 saturated heterocycles. The summed E-state index contributed by atoms with van der Waals surface area (Å²) in [6, 6.07) is 5.22. The van der Waals surface area contributed by atoms with Crippen LogP contribution in [0.2, 0.25) is 10.0 Å². The van der Waals surface area contributed by atoms with Crippen molar-refractivity contribution in [3.05, 3.63) is 33.8 Å². The highest BCUT2D eigenvalue weighted by Gasteiger charge is 2.36. The lowest BCUT2D eigenvalue weighted by Gasteiger charge is -2.26. The second-order valence-electron chi connectivity index (χ2n) is 5.04. The van der Waals surface area contributed by atoms with Gasteiger partial charge in [0.1, 0.15) is 0 Å². The van der Waals surface area contributed by atoms with Gasteiger partial charge in [0, 0.05) is 12.6 Å². The molecular formula is C13H17Cl2NO2S. The third-order valence-corrected chi connectivity index (χ3v) is 6.48. The van der Waals surface area contributed by atoms with Crippen LogP contribution in [0.25, 0.3) is 0 Å². The average Bonchev–Trinajstić information content (AvgIpc) is 2.82. The van der Waals surface area contributed by atoms with Crippen molar-refractivity contribution in [1.82, 2.24) is 4.31 Å². The van der Waals surface area contributed by atoms with E-state index < -0.39 is 15.3 Å². The Morgan fingerprint density at radius 1 is 1.26 bits per heavy atom. The SMILES string of the molecule is CC(C)S(=O)(=O)N1CCCC1c1ccc(Cl)c(Cl)c1. The van der Waals surface area contributed by atoms with Crippen molar-refractivity contribution in [2.75, 3.05) is 6.54 Å². The average molecular weight is 322 g/mol. The standard InChI is InChI=1S/C13H17Cl2NO2S/c1-9(2)19(17,18)16-7-3-4-13(16)10-5-6-11(14)12(15)8-10/h5-6,8-9,13H,3-4,7H2,1-2H3. The molecule has 1 aliphatic heterocycles. The van der Waals surface area contributed by atoms with E-state index in [4.69, 9.17) is 23.2 Å². The molecule has 0 spiro atoms. The second kappa shape index (κ2) is 5.60. The summed E-state index contributed by atoms with van der Waals surface area (Å²) >= 11 is 11.9. The summed E-state index contributed by atoms with van der Waals surface area (Å²) in [6.07, 6.45) is 1.70. The fourth-order valence-electron chi connectivity index (χ4n) is 2.37. The van der Waals surface area contributed by atoms with Crippen molar-refractivity contribution < 1.29 is 8.42 Å². The van der Waals surface area contributed by atoms with Crippen LogP contribution in [-0.4, -0.2) is 24.5 Å². The van der Waals surface area contributed by atoms with Crippen LogP contribution < -0.4 is 0 Å². The van der Waals surface area contributed by atoms with Crippen molar-refractivity contribution in [1.29, 1.82) is 0 Å². The molecule has 1 aromatic rings. The lowest BCUT2D eigenvalue weighted by Crippen LogP contribution is -2.35. The molecule has 3 nitrogen and oxygen atoms in total. The summed E-state index contributed by atoms with van der Waals surface area (Å²) in [5.74, 6) is 0. The molecule has 0 N–H and O–H groups in total. The van der Waals surface area contributed by atoms with E-state index in [2.05, 4.69) is 0 Å². The Bertz CT molecular complexity index is 572. The summed E-state index contributed by atoms with van der Waals surface area (Å²) in [6.45, 7) is 3.99. The van der Waals surface area contributed by atoms with Gasteiger partial charge in [-0.2, -0.15) is 4.31 Å². The summed E-state index contributed by atoms with van der Waals surface area (Å²) in [5, 5.41) is 0.547. The van der Waals surface area contributed by atoms with E-state index in [1.165, 1.54) is 0 Å². The van der Waals surface area contributed by atoms with E-state index in [9.17, 15) is 8.42 Å². The Morgan fingerprint density at radius 3 is 2.53 bits per heavy atom. The number of sulfonamides is 1. The molecule has 0 radical (unpaired) electrons. The second-order valence-corrected chi connectivity index (χ2v) is 8.29. The molecular weight excluding hydrogens is 305 g/mol. The molecule has 0 bridgehead atoms. The van der Waals surface area contributed by atoms with Crippen LogP contribution >= 0.6 is 23.2 Å². The first-order valence-corrected chi connectivity index (χ1v) is 8.55. The molecule has 2 rings (SSSR count). The third kappa shape index (κ3) is 2.92. The lowest BCUT2D eigenvalue weighted by atomic mass is 10.1. The van der Waals surface area contributed by atoms with Crippen LogP contribution in [0.5, 0.6) is 0 Å². The van der Waals surface area contributed by atoms with Gasteiger partial charge in [0.2, 0.25) is 10.0 Å². The zero-order chi connectivity index (χ0) is 14.2. The first kappa shape index (κ1) is 15.1. The quantitative estimate of drug-likeness (QED) is 0.847. The molecule has 1 atom stereocenters. The molecule has 1 fully saturated rings. The van der Waals surface area contributed by atoms with Crippen molar-refractivity contribution in [3.8, 4) is 0 Å². The Morgan fingerprint density at radius 2 is 1.95 bits per heavy atom. The van der Waals surface area contributed by atoms with Crippen LogP contribution in [0.1, 0.15) is 38.3 Å². The number of hydrogen-bond donors (Lipinski definition) is 0. The highest BCUT2D eigenvalue weighted by Crippen LogP contribution is 2.37. The van der Waals surface area contributed by atoms with Gasteiger partial charge >= 0.3 is 0 Å². The topological polar surface area (TPSA) is 37.4 Å². The Kier molecular flexibility index (Phi) is 4.45. The fraction of sp³-hybridized carbons (Fsp3) is 0.538. The largest absolute Gasteiger partial charge is 0.216 e. The van der Waals surface area contributed by atoms with Crippen LogP contribution in [0.4, 0.5) is 0 Å². The Balaban J connectivity index is 2.36. The van der Waals surface area contributed by atoms with Gasteiger partial charge in [0.15, 0.2) is 0 Å². The van der Waals surface area contributed by atoms with Gasteiger partial charge in [-0.3, -0.25) is 0 Å². The summed E-state index contributed by atoms with van der Waals surface area (Å²) in [5.41, 5.74) is 0.913. The minimum atomic E-state index is -3.24. The normalized spacial score (nSPS) is 21.2. The molecule has 6 heteroatoms. The monoisotopic (exact) mass is 321 g/mol. The van der Waals surface area contributed by atoms with E-state index in [1.807, 2.05) is 6.07 Å². The van der Waals surface area contributed by atoms with E-state index in [-0.39, 0.29) is 6.04 Å². The maximum absolute atomic E-state index is 12.3. The molecule has 106 valence electrons.